The lowest BCUT2D eigenvalue weighted by molar-refractivity contribution is 0.134. The van der Waals surface area contributed by atoms with Crippen molar-refractivity contribution in [3.63, 3.8) is 0 Å². The van der Waals surface area contributed by atoms with E-state index in [1.54, 1.807) is 12.1 Å². The van der Waals surface area contributed by atoms with E-state index in [0.717, 1.165) is 60.6 Å². The zero-order valence-electron chi connectivity index (χ0n) is 16.7. The molecule has 1 heterocycles. The van der Waals surface area contributed by atoms with Crippen LogP contribution in [-0.2, 0) is 12.8 Å². The van der Waals surface area contributed by atoms with E-state index >= 15 is 0 Å². The van der Waals surface area contributed by atoms with Gasteiger partial charge < -0.3 is 10.8 Å². The van der Waals surface area contributed by atoms with Crippen LogP contribution in [-0.4, -0.2) is 38.8 Å². The molecule has 5 heteroatoms. The van der Waals surface area contributed by atoms with Crippen LogP contribution in [0.2, 0.25) is 0 Å². The van der Waals surface area contributed by atoms with Crippen LogP contribution in [0.1, 0.15) is 52.3 Å². The Morgan fingerprint density at radius 1 is 1.04 bits per heavy atom. The highest BCUT2D eigenvalue weighted by Crippen LogP contribution is 2.31. The Morgan fingerprint density at radius 2 is 1.65 bits per heavy atom. The van der Waals surface area contributed by atoms with Gasteiger partial charge in [-0.25, -0.2) is 0 Å². The van der Waals surface area contributed by atoms with Crippen molar-refractivity contribution in [2.75, 3.05) is 18.8 Å². The van der Waals surface area contributed by atoms with Gasteiger partial charge in [0.2, 0.25) is 0 Å². The van der Waals surface area contributed by atoms with Crippen molar-refractivity contribution in [2.45, 2.75) is 59.4 Å². The summed E-state index contributed by atoms with van der Waals surface area (Å²) in [6.07, 6.45) is 2.61. The number of rotatable bonds is 8. The van der Waals surface area contributed by atoms with Gasteiger partial charge in [0.25, 0.3) is 0 Å². The fraction of sp³-hybridized carbons (Fsp3) is 0.524. The third-order valence-electron chi connectivity index (χ3n) is 5.05. The quantitative estimate of drug-likeness (QED) is 0.746. The van der Waals surface area contributed by atoms with Gasteiger partial charge in [-0.1, -0.05) is 27.2 Å². The van der Waals surface area contributed by atoms with Crippen LogP contribution in [0.4, 0.5) is 5.69 Å². The van der Waals surface area contributed by atoms with Crippen LogP contribution in [0.15, 0.2) is 24.3 Å². The maximum absolute atomic E-state index is 9.54. The number of aromatic nitrogens is 2. The molecule has 0 aliphatic heterocycles. The number of phenolic OH excluding ortho intramolecular Hbond substituents is 1. The van der Waals surface area contributed by atoms with Crippen LogP contribution in [0.5, 0.6) is 5.75 Å². The van der Waals surface area contributed by atoms with Crippen molar-refractivity contribution in [3.8, 4) is 17.0 Å². The number of nitrogen functional groups attached to an aromatic ring is 1. The Balaban J connectivity index is 2.44. The van der Waals surface area contributed by atoms with Gasteiger partial charge in [-0.05, 0) is 57.6 Å². The molecule has 3 N–H and O–H groups in total. The molecule has 0 fully saturated rings. The maximum Gasteiger partial charge on any atom is 0.115 e. The molecule has 0 radical (unpaired) electrons. The van der Waals surface area contributed by atoms with Gasteiger partial charge in [-0.3, -0.25) is 4.90 Å². The zero-order valence-corrected chi connectivity index (χ0v) is 16.7. The average Bonchev–Trinajstić information content (AvgIpc) is 2.60. The monoisotopic (exact) mass is 356 g/mol. The Kier molecular flexibility index (Phi) is 6.59. The topological polar surface area (TPSA) is 75.3 Å². The number of anilines is 1. The third kappa shape index (κ3) is 4.33. The number of benzene rings is 1. The first-order valence-corrected chi connectivity index (χ1v) is 9.52. The van der Waals surface area contributed by atoms with Gasteiger partial charge >= 0.3 is 0 Å². The van der Waals surface area contributed by atoms with Crippen molar-refractivity contribution in [2.24, 2.45) is 0 Å². The molecule has 0 spiro atoms. The Hall–Kier alpha value is -2.14. The van der Waals surface area contributed by atoms with Crippen LogP contribution >= 0.6 is 0 Å². The van der Waals surface area contributed by atoms with Gasteiger partial charge in [0.15, 0.2) is 0 Å². The third-order valence-corrected chi connectivity index (χ3v) is 5.05. The number of hydrogen-bond donors (Lipinski definition) is 2. The normalized spacial score (nSPS) is 11.9. The number of hydrogen-bond acceptors (Lipinski definition) is 5. The minimum atomic E-state index is -0.0319. The minimum absolute atomic E-state index is 0.0319. The highest BCUT2D eigenvalue weighted by atomic mass is 16.3. The average molecular weight is 357 g/mol. The van der Waals surface area contributed by atoms with Gasteiger partial charge in [0.05, 0.1) is 17.1 Å². The van der Waals surface area contributed by atoms with Gasteiger partial charge in [0, 0.05) is 23.1 Å². The van der Waals surface area contributed by atoms with Crippen molar-refractivity contribution in [1.82, 2.24) is 15.1 Å². The predicted octanol–water partition coefficient (Wildman–Crippen LogP) is 4.05. The highest BCUT2D eigenvalue weighted by Gasteiger charge is 2.27. The number of nitrogens with two attached hydrogens (primary N) is 1. The molecule has 0 saturated heterocycles. The molecule has 0 unspecified atom stereocenters. The lowest BCUT2D eigenvalue weighted by Gasteiger charge is -2.37. The summed E-state index contributed by atoms with van der Waals surface area (Å²) in [6.45, 7) is 12.9. The lowest BCUT2D eigenvalue weighted by Crippen LogP contribution is -2.45. The first kappa shape index (κ1) is 20.2. The Labute approximate surface area is 157 Å². The predicted molar refractivity (Wildman–Crippen MR) is 108 cm³/mol. The van der Waals surface area contributed by atoms with Crippen molar-refractivity contribution < 1.29 is 5.11 Å². The van der Waals surface area contributed by atoms with E-state index in [1.165, 1.54) is 0 Å². The molecule has 142 valence electrons. The molecule has 0 atom stereocenters. The standard InChI is InChI=1S/C21H32N4O/c1-6-9-17-19(22)18(14-21(4,5)25(7-2)8-3)23-24-20(17)15-10-12-16(26)13-11-15/h10-13,26H,6-9,14H2,1-5H3,(H2,22,24). The molecule has 0 saturated carbocycles. The number of phenols is 1. The molecule has 1 aromatic carbocycles. The van der Waals surface area contributed by atoms with Crippen LogP contribution in [0, 0.1) is 0 Å². The van der Waals surface area contributed by atoms with Gasteiger partial charge in [-0.2, -0.15) is 5.10 Å². The smallest absolute Gasteiger partial charge is 0.115 e. The van der Waals surface area contributed by atoms with Crippen LogP contribution in [0.3, 0.4) is 0 Å². The molecule has 2 rings (SSSR count). The SMILES string of the molecule is CCCc1c(-c2ccc(O)cc2)nnc(CC(C)(C)N(CC)CC)c1N. The molecule has 5 nitrogen and oxygen atoms in total. The molecule has 0 aliphatic rings. The molecule has 0 aliphatic carbocycles. The molecule has 1 aromatic heterocycles. The lowest BCUT2D eigenvalue weighted by atomic mass is 9.92. The molecular formula is C21H32N4O. The summed E-state index contributed by atoms with van der Waals surface area (Å²) in [6, 6.07) is 7.05. The maximum atomic E-state index is 9.54. The zero-order chi connectivity index (χ0) is 19.3. The summed E-state index contributed by atoms with van der Waals surface area (Å²) in [5, 5.41) is 18.6. The van der Waals surface area contributed by atoms with E-state index in [2.05, 4.69) is 49.7 Å². The number of nitrogens with zero attached hydrogens (tertiary/aromatic N) is 3. The van der Waals surface area contributed by atoms with E-state index in [0.29, 0.717) is 0 Å². The van der Waals surface area contributed by atoms with E-state index < -0.39 is 0 Å². The first-order chi connectivity index (χ1) is 12.3. The summed E-state index contributed by atoms with van der Waals surface area (Å²) in [7, 11) is 0. The second-order valence-corrected chi connectivity index (χ2v) is 7.35. The van der Waals surface area contributed by atoms with E-state index in [1.807, 2.05) is 12.1 Å². The molecule has 26 heavy (non-hydrogen) atoms. The fourth-order valence-electron chi connectivity index (χ4n) is 3.61. The molecule has 2 aromatic rings. The van der Waals surface area contributed by atoms with Crippen molar-refractivity contribution in [1.29, 1.82) is 0 Å². The number of aromatic hydroxyl groups is 1. The largest absolute Gasteiger partial charge is 0.508 e. The van der Waals surface area contributed by atoms with Crippen molar-refractivity contribution in [3.05, 3.63) is 35.5 Å². The van der Waals surface area contributed by atoms with E-state index in [-0.39, 0.29) is 11.3 Å². The van der Waals surface area contributed by atoms with Crippen LogP contribution in [0.25, 0.3) is 11.3 Å². The summed E-state index contributed by atoms with van der Waals surface area (Å²) < 4.78 is 0. The van der Waals surface area contributed by atoms with Gasteiger partial charge in [0.1, 0.15) is 5.75 Å². The minimum Gasteiger partial charge on any atom is -0.508 e. The Bertz CT molecular complexity index is 722. The molecule has 0 amide bonds. The van der Waals surface area contributed by atoms with Gasteiger partial charge in [-0.15, -0.1) is 5.10 Å². The fourth-order valence-corrected chi connectivity index (χ4v) is 3.61. The van der Waals surface area contributed by atoms with E-state index in [4.69, 9.17) is 5.73 Å². The first-order valence-electron chi connectivity index (χ1n) is 9.52. The van der Waals surface area contributed by atoms with E-state index in [9.17, 15) is 5.11 Å². The summed E-state index contributed by atoms with van der Waals surface area (Å²) in [5.41, 5.74) is 10.9. The van der Waals surface area contributed by atoms with Crippen molar-refractivity contribution >= 4 is 5.69 Å². The molecule has 0 bridgehead atoms. The highest BCUT2D eigenvalue weighted by molar-refractivity contribution is 5.70. The second kappa shape index (κ2) is 8.49. The summed E-state index contributed by atoms with van der Waals surface area (Å²) in [4.78, 5) is 2.42. The summed E-state index contributed by atoms with van der Waals surface area (Å²) in [5.74, 6) is 0.240. The number of likely N-dealkylation sites (N-methyl/N-ethyl adjacent to an activating group) is 1. The molecular weight excluding hydrogens is 324 g/mol. The second-order valence-electron chi connectivity index (χ2n) is 7.35. The van der Waals surface area contributed by atoms with Crippen LogP contribution < -0.4 is 5.73 Å². The summed E-state index contributed by atoms with van der Waals surface area (Å²) >= 11 is 0. The Morgan fingerprint density at radius 3 is 2.19 bits per heavy atom.